The number of aliphatic hydroxyl groups excluding tert-OH is 3. The molecule has 4 rings (SSSR count). The minimum atomic E-state index is -1.30. The number of aliphatic hydroxyl groups is 3. The second kappa shape index (κ2) is 13.4. The van der Waals surface area contributed by atoms with Crippen molar-refractivity contribution in [3.05, 3.63) is 84.4 Å². The molecular weight excluding hydrogens is 468 g/mol. The number of benzene rings is 2. The smallest absolute Gasteiger partial charge is 0.187 e. The highest BCUT2D eigenvalue weighted by atomic mass is 16.7. The molecule has 9 nitrogen and oxygen atoms in total. The number of rotatable bonds is 13. The molecule has 2 aromatic carbocycles. The highest BCUT2D eigenvalue weighted by Crippen LogP contribution is 2.31. The maximum Gasteiger partial charge on any atom is 0.187 e. The maximum absolute atomic E-state index is 10.2. The van der Waals surface area contributed by atoms with Crippen LogP contribution in [0.3, 0.4) is 0 Å². The average Bonchev–Trinajstić information content (AvgIpc) is 3.40. The second-order valence-corrected chi connectivity index (χ2v) is 8.73. The van der Waals surface area contributed by atoms with Gasteiger partial charge in [-0.05, 0) is 11.1 Å². The van der Waals surface area contributed by atoms with E-state index in [1.165, 1.54) is 0 Å². The van der Waals surface area contributed by atoms with E-state index in [2.05, 4.69) is 6.58 Å². The predicted octanol–water partition coefficient (Wildman–Crippen LogP) is 1.54. The van der Waals surface area contributed by atoms with Crippen LogP contribution in [0.2, 0.25) is 0 Å². The van der Waals surface area contributed by atoms with Crippen molar-refractivity contribution in [3.63, 3.8) is 0 Å². The highest BCUT2D eigenvalue weighted by Gasteiger charge is 2.49. The molecule has 2 saturated heterocycles. The van der Waals surface area contributed by atoms with Gasteiger partial charge in [0.2, 0.25) is 0 Å². The second-order valence-electron chi connectivity index (χ2n) is 8.73. The van der Waals surface area contributed by atoms with Crippen LogP contribution in [0, 0.1) is 0 Å². The van der Waals surface area contributed by atoms with Crippen LogP contribution >= 0.6 is 0 Å². The number of ether oxygens (including phenoxy) is 6. The lowest BCUT2D eigenvalue weighted by Gasteiger charge is -2.25. The molecule has 0 amide bonds. The van der Waals surface area contributed by atoms with Crippen molar-refractivity contribution in [2.24, 2.45) is 0 Å². The van der Waals surface area contributed by atoms with Gasteiger partial charge in [0.1, 0.15) is 36.6 Å². The third-order valence-electron chi connectivity index (χ3n) is 6.14. The maximum atomic E-state index is 10.2. The molecular formula is C27H34O9. The molecule has 0 aromatic heterocycles. The molecule has 0 bridgehead atoms. The third-order valence-corrected chi connectivity index (χ3v) is 6.14. The van der Waals surface area contributed by atoms with E-state index >= 15 is 0 Å². The monoisotopic (exact) mass is 502 g/mol. The van der Waals surface area contributed by atoms with E-state index in [4.69, 9.17) is 28.4 Å². The zero-order valence-electron chi connectivity index (χ0n) is 20.0. The Morgan fingerprint density at radius 1 is 0.722 bits per heavy atom. The Kier molecular flexibility index (Phi) is 9.99. The van der Waals surface area contributed by atoms with Crippen LogP contribution in [0.25, 0.3) is 0 Å². The van der Waals surface area contributed by atoms with E-state index in [1.807, 2.05) is 60.7 Å². The zero-order chi connectivity index (χ0) is 25.3. The van der Waals surface area contributed by atoms with Gasteiger partial charge in [0, 0.05) is 0 Å². The van der Waals surface area contributed by atoms with Crippen LogP contribution < -0.4 is 0 Å². The quantitative estimate of drug-likeness (QED) is 0.351. The molecule has 0 unspecified atom stereocenters. The Morgan fingerprint density at radius 3 is 1.86 bits per heavy atom. The summed E-state index contributed by atoms with van der Waals surface area (Å²) in [5, 5.41) is 29.6. The van der Waals surface area contributed by atoms with E-state index in [1.54, 1.807) is 6.08 Å². The molecule has 0 saturated carbocycles. The summed E-state index contributed by atoms with van der Waals surface area (Å²) < 4.78 is 35.8. The molecule has 0 radical (unpaired) electrons. The van der Waals surface area contributed by atoms with Crippen molar-refractivity contribution in [2.75, 3.05) is 19.8 Å². The zero-order valence-corrected chi connectivity index (χ0v) is 20.0. The van der Waals surface area contributed by atoms with Crippen LogP contribution in [-0.2, 0) is 41.6 Å². The fourth-order valence-corrected chi connectivity index (χ4v) is 4.23. The van der Waals surface area contributed by atoms with Crippen LogP contribution in [0.4, 0.5) is 0 Å². The lowest BCUT2D eigenvalue weighted by atomic mass is 10.1. The summed E-state index contributed by atoms with van der Waals surface area (Å²) in [6.45, 7) is 4.15. The third kappa shape index (κ3) is 6.77. The molecule has 2 heterocycles. The fourth-order valence-electron chi connectivity index (χ4n) is 4.23. The fraction of sp³-hybridized carbons (Fsp3) is 0.481. The molecule has 0 spiro atoms. The summed E-state index contributed by atoms with van der Waals surface area (Å²) in [5.74, 6) is 0. The molecule has 2 aliphatic heterocycles. The van der Waals surface area contributed by atoms with Gasteiger partial charge in [0.15, 0.2) is 12.6 Å². The Bertz CT molecular complexity index is 912. The van der Waals surface area contributed by atoms with Gasteiger partial charge in [-0.1, -0.05) is 66.7 Å². The highest BCUT2D eigenvalue weighted by molar-refractivity contribution is 5.14. The standard InChI is InChI=1S/C27H34O9/c1-2-13-31-27-25(33-16-19-11-7-4-8-12-19)24(32-15-18-9-5-3-6-10-18)21(36-27)17-34-26-23(30)22(29)20(14-28)35-26/h2-12,20-30H,1,13-17H2/t20-,21-,22-,23+,24-,25+,26+,27+/m0/s1. The van der Waals surface area contributed by atoms with Gasteiger partial charge >= 0.3 is 0 Å². The van der Waals surface area contributed by atoms with Crippen molar-refractivity contribution < 1.29 is 43.7 Å². The van der Waals surface area contributed by atoms with Crippen molar-refractivity contribution >= 4 is 0 Å². The van der Waals surface area contributed by atoms with E-state index in [-0.39, 0.29) is 13.2 Å². The van der Waals surface area contributed by atoms with E-state index in [0.29, 0.717) is 13.2 Å². The SMILES string of the molecule is C=CCO[C@@H]1O[C@@H](CO[C@@H]2O[C@@H](CO)[C@H](O)[C@H]2O)[C@H](OCc2ccccc2)[C@H]1OCc1ccccc1. The Balaban J connectivity index is 1.47. The van der Waals surface area contributed by atoms with E-state index in [0.717, 1.165) is 11.1 Å². The largest absolute Gasteiger partial charge is 0.394 e. The van der Waals surface area contributed by atoms with Crippen molar-refractivity contribution in [1.29, 1.82) is 0 Å². The lowest BCUT2D eigenvalue weighted by molar-refractivity contribution is -0.206. The van der Waals surface area contributed by atoms with E-state index < -0.39 is 55.8 Å². The van der Waals surface area contributed by atoms with Crippen LogP contribution in [0.15, 0.2) is 73.3 Å². The normalized spacial score (nSPS) is 32.1. The average molecular weight is 503 g/mol. The van der Waals surface area contributed by atoms with Crippen LogP contribution in [0.1, 0.15) is 11.1 Å². The molecule has 3 N–H and O–H groups in total. The molecule has 9 heteroatoms. The first kappa shape index (κ1) is 26.9. The summed E-state index contributed by atoms with van der Waals surface area (Å²) >= 11 is 0. The Morgan fingerprint density at radius 2 is 1.31 bits per heavy atom. The van der Waals surface area contributed by atoms with Gasteiger partial charge in [-0.15, -0.1) is 6.58 Å². The summed E-state index contributed by atoms with van der Waals surface area (Å²) in [6, 6.07) is 19.5. The summed E-state index contributed by atoms with van der Waals surface area (Å²) in [4.78, 5) is 0. The molecule has 8 atom stereocenters. The predicted molar refractivity (Wildman–Crippen MR) is 129 cm³/mol. The molecule has 36 heavy (non-hydrogen) atoms. The first-order valence-corrected chi connectivity index (χ1v) is 12.0. The van der Waals surface area contributed by atoms with Gasteiger partial charge < -0.3 is 43.7 Å². The summed E-state index contributed by atoms with van der Waals surface area (Å²) in [7, 11) is 0. The van der Waals surface area contributed by atoms with Gasteiger partial charge in [-0.2, -0.15) is 0 Å². The number of hydrogen-bond acceptors (Lipinski definition) is 9. The van der Waals surface area contributed by atoms with Crippen molar-refractivity contribution in [3.8, 4) is 0 Å². The van der Waals surface area contributed by atoms with Gasteiger partial charge in [0.25, 0.3) is 0 Å². The molecule has 196 valence electrons. The van der Waals surface area contributed by atoms with Crippen molar-refractivity contribution in [2.45, 2.75) is 62.4 Å². The van der Waals surface area contributed by atoms with Crippen molar-refractivity contribution in [1.82, 2.24) is 0 Å². The van der Waals surface area contributed by atoms with Gasteiger partial charge in [-0.3, -0.25) is 0 Å². The molecule has 2 fully saturated rings. The number of hydrogen-bond donors (Lipinski definition) is 3. The van der Waals surface area contributed by atoms with Gasteiger partial charge in [0.05, 0.1) is 33.0 Å². The molecule has 2 aliphatic rings. The molecule has 2 aromatic rings. The minimum Gasteiger partial charge on any atom is -0.394 e. The first-order chi connectivity index (χ1) is 17.6. The summed E-state index contributed by atoms with van der Waals surface area (Å²) in [5.41, 5.74) is 1.98. The lowest BCUT2D eigenvalue weighted by Crippen LogP contribution is -2.41. The van der Waals surface area contributed by atoms with Crippen LogP contribution in [-0.4, -0.2) is 84.3 Å². The first-order valence-electron chi connectivity index (χ1n) is 12.0. The van der Waals surface area contributed by atoms with Crippen LogP contribution in [0.5, 0.6) is 0 Å². The summed E-state index contributed by atoms with van der Waals surface area (Å²) in [6.07, 6.45) is -5.48. The molecule has 0 aliphatic carbocycles. The van der Waals surface area contributed by atoms with E-state index in [9.17, 15) is 15.3 Å². The topological polar surface area (TPSA) is 116 Å². The van der Waals surface area contributed by atoms with Gasteiger partial charge in [-0.25, -0.2) is 0 Å². The Labute approximate surface area is 210 Å². The Hall–Kier alpha value is -2.18. The minimum absolute atomic E-state index is 0.0226.